The summed E-state index contributed by atoms with van der Waals surface area (Å²) in [4.78, 5) is 31.2. The Balaban J connectivity index is 2.73. The standard InChI is InChI=1S/C10H9N3O2/c1-4-5(2)13-9-8(12-4)7(14)3-6(11)10(9)15/h3H,11H2,1-2H3. The van der Waals surface area contributed by atoms with Crippen LogP contribution in [0.25, 0.3) is 0 Å². The number of fused-ring (bicyclic) bond motifs is 1. The molecule has 0 bridgehead atoms. The van der Waals surface area contributed by atoms with Crippen LogP contribution in [0.1, 0.15) is 32.4 Å². The number of hydrogen-bond acceptors (Lipinski definition) is 5. The third-order valence-electron chi connectivity index (χ3n) is 2.30. The van der Waals surface area contributed by atoms with Gasteiger partial charge in [-0.3, -0.25) is 9.59 Å². The zero-order valence-corrected chi connectivity index (χ0v) is 8.37. The highest BCUT2D eigenvalue weighted by molar-refractivity contribution is 6.22. The van der Waals surface area contributed by atoms with Crippen LogP contribution in [0.2, 0.25) is 0 Å². The van der Waals surface area contributed by atoms with E-state index in [0.717, 1.165) is 6.08 Å². The van der Waals surface area contributed by atoms with Gasteiger partial charge in [-0.15, -0.1) is 0 Å². The number of ketones is 2. The van der Waals surface area contributed by atoms with Crippen molar-refractivity contribution in [3.05, 3.63) is 34.5 Å². The number of aromatic nitrogens is 2. The third kappa shape index (κ3) is 1.32. The summed E-state index contributed by atoms with van der Waals surface area (Å²) < 4.78 is 0. The van der Waals surface area contributed by atoms with Gasteiger partial charge in [0.05, 0.1) is 17.1 Å². The largest absolute Gasteiger partial charge is 0.395 e. The highest BCUT2D eigenvalue weighted by Gasteiger charge is 2.27. The number of Topliss-reactive ketones (excluding diaryl/α,β-unsaturated/α-hetero) is 1. The van der Waals surface area contributed by atoms with Crippen molar-refractivity contribution in [2.24, 2.45) is 5.73 Å². The molecule has 0 spiro atoms. The Bertz CT molecular complexity index is 518. The molecule has 5 heteroatoms. The number of hydrogen-bond donors (Lipinski definition) is 1. The van der Waals surface area contributed by atoms with E-state index in [-0.39, 0.29) is 22.9 Å². The fourth-order valence-corrected chi connectivity index (χ4v) is 1.35. The van der Waals surface area contributed by atoms with E-state index in [1.54, 1.807) is 13.8 Å². The smallest absolute Gasteiger partial charge is 0.229 e. The van der Waals surface area contributed by atoms with Gasteiger partial charge in [0.15, 0.2) is 0 Å². The molecule has 5 nitrogen and oxygen atoms in total. The molecule has 0 atom stereocenters. The number of allylic oxidation sites excluding steroid dienone is 2. The topological polar surface area (TPSA) is 85.9 Å². The van der Waals surface area contributed by atoms with E-state index in [9.17, 15) is 9.59 Å². The molecule has 2 N–H and O–H groups in total. The van der Waals surface area contributed by atoms with E-state index < -0.39 is 5.78 Å². The van der Waals surface area contributed by atoms with Gasteiger partial charge >= 0.3 is 0 Å². The molecular weight excluding hydrogens is 194 g/mol. The Kier molecular flexibility index (Phi) is 1.89. The molecule has 0 fully saturated rings. The number of nitrogens with two attached hydrogens (primary N) is 1. The van der Waals surface area contributed by atoms with Gasteiger partial charge in [-0.05, 0) is 13.8 Å². The molecule has 0 radical (unpaired) electrons. The first-order valence-electron chi connectivity index (χ1n) is 4.42. The zero-order valence-electron chi connectivity index (χ0n) is 8.37. The summed E-state index contributed by atoms with van der Waals surface area (Å²) in [6, 6.07) is 0. The quantitative estimate of drug-likeness (QED) is 0.656. The van der Waals surface area contributed by atoms with Crippen LogP contribution < -0.4 is 5.73 Å². The van der Waals surface area contributed by atoms with Crippen LogP contribution in [0.3, 0.4) is 0 Å². The van der Waals surface area contributed by atoms with Crippen LogP contribution in [0.15, 0.2) is 11.8 Å². The molecule has 0 aromatic carbocycles. The summed E-state index contributed by atoms with van der Waals surface area (Å²) in [6.07, 6.45) is 1.09. The number of rotatable bonds is 0. The van der Waals surface area contributed by atoms with Crippen LogP contribution >= 0.6 is 0 Å². The van der Waals surface area contributed by atoms with Crippen molar-refractivity contribution in [1.82, 2.24) is 9.97 Å². The first kappa shape index (κ1) is 9.51. The summed E-state index contributed by atoms with van der Waals surface area (Å²) in [5, 5.41) is 0. The molecule has 1 aliphatic carbocycles. The second-order valence-electron chi connectivity index (χ2n) is 3.38. The van der Waals surface area contributed by atoms with Crippen LogP contribution in [-0.4, -0.2) is 21.5 Å². The van der Waals surface area contributed by atoms with Gasteiger partial charge in [-0.2, -0.15) is 0 Å². The lowest BCUT2D eigenvalue weighted by molar-refractivity contribution is 0.0975. The van der Waals surface area contributed by atoms with Crippen molar-refractivity contribution in [3.8, 4) is 0 Å². The molecule has 1 heterocycles. The minimum absolute atomic E-state index is 0.0584. The highest BCUT2D eigenvalue weighted by Crippen LogP contribution is 2.16. The summed E-state index contributed by atoms with van der Waals surface area (Å²) in [5.74, 6) is -0.794. The van der Waals surface area contributed by atoms with Crippen molar-refractivity contribution in [2.45, 2.75) is 13.8 Å². The maximum atomic E-state index is 11.6. The maximum Gasteiger partial charge on any atom is 0.229 e. The number of nitrogens with zero attached hydrogens (tertiary/aromatic N) is 2. The van der Waals surface area contributed by atoms with Crippen LogP contribution in [0, 0.1) is 13.8 Å². The first-order chi connectivity index (χ1) is 7.00. The van der Waals surface area contributed by atoms with Gasteiger partial charge in [0.2, 0.25) is 11.6 Å². The summed E-state index contributed by atoms with van der Waals surface area (Å²) in [6.45, 7) is 3.47. The number of carbonyl (C=O) groups is 2. The number of aryl methyl sites for hydroxylation is 2. The Hall–Kier alpha value is -2.04. The predicted molar refractivity (Wildman–Crippen MR) is 52.4 cm³/mol. The van der Waals surface area contributed by atoms with Crippen molar-refractivity contribution in [1.29, 1.82) is 0 Å². The average molecular weight is 203 g/mol. The fourth-order valence-electron chi connectivity index (χ4n) is 1.35. The normalized spacial score (nSPS) is 14.9. The van der Waals surface area contributed by atoms with Gasteiger partial charge in [-0.1, -0.05) is 0 Å². The molecular formula is C10H9N3O2. The number of carbonyl (C=O) groups excluding carboxylic acids is 2. The van der Waals surface area contributed by atoms with Gasteiger partial charge < -0.3 is 5.73 Å². The Morgan fingerprint density at radius 3 is 2.20 bits per heavy atom. The lowest BCUT2D eigenvalue weighted by atomic mass is 10.0. The highest BCUT2D eigenvalue weighted by atomic mass is 16.1. The molecule has 0 unspecified atom stereocenters. The minimum atomic E-state index is -0.430. The maximum absolute atomic E-state index is 11.6. The molecule has 0 saturated heterocycles. The van der Waals surface area contributed by atoms with Crippen molar-refractivity contribution in [2.75, 3.05) is 0 Å². The molecule has 0 saturated carbocycles. The first-order valence-corrected chi connectivity index (χ1v) is 4.42. The van der Waals surface area contributed by atoms with E-state index in [1.807, 2.05) is 0 Å². The van der Waals surface area contributed by atoms with E-state index in [1.165, 1.54) is 0 Å². The van der Waals surface area contributed by atoms with Crippen LogP contribution in [-0.2, 0) is 0 Å². The van der Waals surface area contributed by atoms with Gasteiger partial charge in [0, 0.05) is 6.08 Å². The van der Waals surface area contributed by atoms with E-state index >= 15 is 0 Å². The van der Waals surface area contributed by atoms with E-state index in [0.29, 0.717) is 11.4 Å². The monoisotopic (exact) mass is 203 g/mol. The third-order valence-corrected chi connectivity index (χ3v) is 2.30. The van der Waals surface area contributed by atoms with E-state index in [2.05, 4.69) is 9.97 Å². The lowest BCUT2D eigenvalue weighted by Crippen LogP contribution is -2.25. The van der Waals surface area contributed by atoms with Gasteiger partial charge in [-0.25, -0.2) is 9.97 Å². The van der Waals surface area contributed by atoms with Crippen LogP contribution in [0.5, 0.6) is 0 Å². The molecule has 76 valence electrons. The van der Waals surface area contributed by atoms with E-state index in [4.69, 9.17) is 5.73 Å². The average Bonchev–Trinajstić information content (AvgIpc) is 2.18. The van der Waals surface area contributed by atoms with Gasteiger partial charge in [0.25, 0.3) is 0 Å². The molecule has 0 aliphatic heterocycles. The second-order valence-corrected chi connectivity index (χ2v) is 3.38. The van der Waals surface area contributed by atoms with Crippen molar-refractivity contribution in [3.63, 3.8) is 0 Å². The molecule has 15 heavy (non-hydrogen) atoms. The summed E-state index contributed by atoms with van der Waals surface area (Å²) in [5.41, 5.74) is 6.74. The van der Waals surface area contributed by atoms with Gasteiger partial charge in [0.1, 0.15) is 11.4 Å². The van der Waals surface area contributed by atoms with Crippen molar-refractivity contribution >= 4 is 11.6 Å². The van der Waals surface area contributed by atoms with Crippen molar-refractivity contribution < 1.29 is 9.59 Å². The Morgan fingerprint density at radius 1 is 1.07 bits per heavy atom. The van der Waals surface area contributed by atoms with Crippen LogP contribution in [0.4, 0.5) is 0 Å². The SMILES string of the molecule is Cc1nc2c(nc1C)C(=O)C(N)=CC2=O. The fraction of sp³-hybridized carbons (Fsp3) is 0.200. The predicted octanol–water partition coefficient (Wildman–Crippen LogP) is 0.315. The lowest BCUT2D eigenvalue weighted by Gasteiger charge is -2.12. The molecule has 1 aliphatic rings. The Labute approximate surface area is 86.0 Å². The second kappa shape index (κ2) is 2.98. The molecule has 1 aromatic heterocycles. The molecule has 0 amide bonds. The summed E-state index contributed by atoms with van der Waals surface area (Å²) in [7, 11) is 0. The molecule has 2 rings (SSSR count). The zero-order chi connectivity index (χ0) is 11.2. The summed E-state index contributed by atoms with van der Waals surface area (Å²) >= 11 is 0. The minimum Gasteiger partial charge on any atom is -0.395 e. The Morgan fingerprint density at radius 2 is 1.60 bits per heavy atom. The molecule has 1 aromatic rings.